The van der Waals surface area contributed by atoms with Gasteiger partial charge < -0.3 is 5.32 Å². The molecule has 0 saturated heterocycles. The van der Waals surface area contributed by atoms with Gasteiger partial charge in [-0.15, -0.1) is 0 Å². The predicted molar refractivity (Wildman–Crippen MR) is 111 cm³/mol. The van der Waals surface area contributed by atoms with Gasteiger partial charge in [-0.05, 0) is 41.2 Å². The van der Waals surface area contributed by atoms with Crippen LogP contribution in [-0.2, 0) is 11.2 Å². The van der Waals surface area contributed by atoms with Crippen molar-refractivity contribution in [3.8, 4) is 11.1 Å². The van der Waals surface area contributed by atoms with Crippen LogP contribution in [0.4, 0.5) is 0 Å². The van der Waals surface area contributed by atoms with Gasteiger partial charge in [0.25, 0.3) is 0 Å². The Morgan fingerprint density at radius 2 is 1.46 bits per heavy atom. The maximum absolute atomic E-state index is 10.7. The van der Waals surface area contributed by atoms with Crippen molar-refractivity contribution in [1.29, 1.82) is 0 Å². The summed E-state index contributed by atoms with van der Waals surface area (Å²) in [5.41, 5.74) is 5.75. The van der Waals surface area contributed by atoms with Gasteiger partial charge in [0.05, 0.1) is 0 Å². The highest BCUT2D eigenvalue weighted by Gasteiger charge is 2.15. The molecule has 2 aromatic carbocycles. The Morgan fingerprint density at radius 3 is 2.04 bits per heavy atom. The molecule has 26 heavy (non-hydrogen) atoms. The number of amides is 1. The van der Waals surface area contributed by atoms with E-state index in [-0.39, 0.29) is 5.91 Å². The summed E-state index contributed by atoms with van der Waals surface area (Å²) in [4.78, 5) is 10.7. The molecule has 1 aliphatic carbocycles. The number of carbonyl (C=O) groups is 1. The van der Waals surface area contributed by atoms with Crippen molar-refractivity contribution in [2.75, 3.05) is 6.54 Å². The summed E-state index contributed by atoms with van der Waals surface area (Å²) in [6.45, 7) is 6.39. The second kappa shape index (κ2) is 11.3. The lowest BCUT2D eigenvalue weighted by Crippen LogP contribution is -2.21. The number of rotatable bonds is 8. The van der Waals surface area contributed by atoms with E-state index in [9.17, 15) is 4.79 Å². The van der Waals surface area contributed by atoms with Crippen LogP contribution < -0.4 is 5.32 Å². The lowest BCUT2D eigenvalue weighted by atomic mass is 10.1. The first kappa shape index (κ1) is 20.0. The summed E-state index contributed by atoms with van der Waals surface area (Å²) in [5, 5.41) is 2.77. The van der Waals surface area contributed by atoms with E-state index in [0.717, 1.165) is 19.4 Å². The van der Waals surface area contributed by atoms with E-state index in [2.05, 4.69) is 67.4 Å². The lowest BCUT2D eigenvalue weighted by Gasteiger charge is -2.01. The molecule has 0 spiro atoms. The predicted octanol–water partition coefficient (Wildman–Crippen LogP) is 5.91. The van der Waals surface area contributed by atoms with Crippen molar-refractivity contribution >= 4 is 5.91 Å². The molecule has 0 saturated carbocycles. The third-order valence-electron chi connectivity index (χ3n) is 4.72. The van der Waals surface area contributed by atoms with Gasteiger partial charge in [-0.2, -0.15) is 0 Å². The van der Waals surface area contributed by atoms with Crippen LogP contribution in [0.25, 0.3) is 11.1 Å². The first-order valence-electron chi connectivity index (χ1n) is 9.82. The van der Waals surface area contributed by atoms with Crippen LogP contribution in [-0.4, -0.2) is 12.5 Å². The molecule has 3 rings (SSSR count). The molecule has 0 atom stereocenters. The monoisotopic (exact) mass is 349 g/mol. The first-order chi connectivity index (χ1) is 12.8. The number of hydrogen-bond acceptors (Lipinski definition) is 1. The molecule has 0 aliphatic heterocycles. The largest absolute Gasteiger partial charge is 0.353 e. The molecule has 0 radical (unpaired) electrons. The summed E-state index contributed by atoms with van der Waals surface area (Å²) >= 11 is 0. The zero-order valence-electron chi connectivity index (χ0n) is 16.0. The quantitative estimate of drug-likeness (QED) is 0.398. The highest BCUT2D eigenvalue weighted by Crippen LogP contribution is 2.35. The molecule has 0 heterocycles. The maximum Gasteiger partial charge on any atom is 0.243 e. The fourth-order valence-electron chi connectivity index (χ4n) is 3.27. The Bertz CT molecular complexity index is 661. The molecular weight excluding hydrogens is 318 g/mol. The third kappa shape index (κ3) is 6.18. The van der Waals surface area contributed by atoms with Crippen molar-refractivity contribution in [2.45, 2.75) is 51.9 Å². The Balaban J connectivity index is 0.000000187. The zero-order chi connectivity index (χ0) is 18.6. The Labute approximate surface area is 158 Å². The molecule has 1 aliphatic rings. The lowest BCUT2D eigenvalue weighted by molar-refractivity contribution is -0.116. The molecule has 2 heteroatoms. The minimum atomic E-state index is -0.0615. The topological polar surface area (TPSA) is 29.1 Å². The van der Waals surface area contributed by atoms with Crippen molar-refractivity contribution in [2.24, 2.45) is 0 Å². The average Bonchev–Trinajstić information content (AvgIpc) is 3.06. The van der Waals surface area contributed by atoms with E-state index in [0.29, 0.717) is 0 Å². The maximum atomic E-state index is 10.7. The molecule has 2 nitrogen and oxygen atoms in total. The molecule has 0 bridgehead atoms. The van der Waals surface area contributed by atoms with Gasteiger partial charge in [-0.3, -0.25) is 4.79 Å². The van der Waals surface area contributed by atoms with Crippen LogP contribution in [0, 0.1) is 0 Å². The van der Waals surface area contributed by atoms with E-state index in [1.807, 2.05) is 0 Å². The molecular formula is C24H31NO. The average molecular weight is 350 g/mol. The van der Waals surface area contributed by atoms with Gasteiger partial charge in [-0.25, -0.2) is 0 Å². The van der Waals surface area contributed by atoms with Gasteiger partial charge in [0.1, 0.15) is 0 Å². The second-order valence-electron chi connectivity index (χ2n) is 6.75. The van der Waals surface area contributed by atoms with E-state index in [1.54, 1.807) is 0 Å². The molecule has 0 fully saturated rings. The Kier molecular flexibility index (Phi) is 8.68. The van der Waals surface area contributed by atoms with Gasteiger partial charge in [-0.1, -0.05) is 94.1 Å². The SMILES string of the molecule is C=CC(=O)NCCCCCCCC.c1ccc2c(c1)Cc1ccccc1-2. The van der Waals surface area contributed by atoms with Crippen LogP contribution in [0.2, 0.25) is 0 Å². The van der Waals surface area contributed by atoms with Gasteiger partial charge in [0.2, 0.25) is 5.91 Å². The summed E-state index contributed by atoms with van der Waals surface area (Å²) in [6, 6.07) is 17.3. The number of carbonyl (C=O) groups excluding carboxylic acids is 1. The molecule has 138 valence electrons. The van der Waals surface area contributed by atoms with Crippen LogP contribution in [0.3, 0.4) is 0 Å². The number of benzene rings is 2. The van der Waals surface area contributed by atoms with Crippen molar-refractivity contribution < 1.29 is 4.79 Å². The van der Waals surface area contributed by atoms with Gasteiger partial charge >= 0.3 is 0 Å². The summed E-state index contributed by atoms with van der Waals surface area (Å²) < 4.78 is 0. The van der Waals surface area contributed by atoms with E-state index < -0.39 is 0 Å². The fourth-order valence-corrected chi connectivity index (χ4v) is 3.27. The molecule has 1 amide bonds. The summed E-state index contributed by atoms with van der Waals surface area (Å²) in [5.74, 6) is -0.0615. The number of fused-ring (bicyclic) bond motifs is 3. The molecule has 1 N–H and O–H groups in total. The third-order valence-corrected chi connectivity index (χ3v) is 4.72. The highest BCUT2D eigenvalue weighted by molar-refractivity contribution is 5.86. The standard InChI is InChI=1S/C13H10.C11H21NO/c1-3-7-12-10(5-1)9-11-6-2-4-8-13(11)12;1-3-5-6-7-8-9-10-12-11(13)4-2/h1-8H,9H2;4H,2-3,5-10H2,1H3,(H,12,13). The zero-order valence-corrected chi connectivity index (χ0v) is 16.0. The molecule has 0 aromatic heterocycles. The van der Waals surface area contributed by atoms with Crippen LogP contribution in [0.15, 0.2) is 61.2 Å². The minimum absolute atomic E-state index is 0.0615. The number of nitrogens with one attached hydrogen (secondary N) is 1. The van der Waals surface area contributed by atoms with E-state index >= 15 is 0 Å². The van der Waals surface area contributed by atoms with Gasteiger partial charge in [0, 0.05) is 6.54 Å². The number of unbranched alkanes of at least 4 members (excludes halogenated alkanes) is 5. The van der Waals surface area contributed by atoms with Gasteiger partial charge in [0.15, 0.2) is 0 Å². The summed E-state index contributed by atoms with van der Waals surface area (Å²) in [7, 11) is 0. The Morgan fingerprint density at radius 1 is 0.923 bits per heavy atom. The normalized spacial score (nSPS) is 11.0. The smallest absolute Gasteiger partial charge is 0.243 e. The van der Waals surface area contributed by atoms with Crippen LogP contribution in [0.1, 0.15) is 56.6 Å². The molecule has 2 aromatic rings. The van der Waals surface area contributed by atoms with Crippen molar-refractivity contribution in [1.82, 2.24) is 5.32 Å². The van der Waals surface area contributed by atoms with Crippen LogP contribution >= 0.6 is 0 Å². The second-order valence-corrected chi connectivity index (χ2v) is 6.75. The van der Waals surface area contributed by atoms with E-state index in [4.69, 9.17) is 0 Å². The Hall–Kier alpha value is -2.35. The number of hydrogen-bond donors (Lipinski definition) is 1. The van der Waals surface area contributed by atoms with Crippen LogP contribution in [0.5, 0.6) is 0 Å². The fraction of sp³-hybridized carbons (Fsp3) is 0.375. The van der Waals surface area contributed by atoms with E-state index in [1.165, 1.54) is 60.4 Å². The van der Waals surface area contributed by atoms with Crippen molar-refractivity contribution in [3.63, 3.8) is 0 Å². The highest BCUT2D eigenvalue weighted by atomic mass is 16.1. The summed E-state index contributed by atoms with van der Waals surface area (Å²) in [6.07, 6.45) is 9.96. The molecule has 0 unspecified atom stereocenters. The minimum Gasteiger partial charge on any atom is -0.353 e. The first-order valence-corrected chi connectivity index (χ1v) is 9.82. The van der Waals surface area contributed by atoms with Crippen molar-refractivity contribution in [3.05, 3.63) is 72.3 Å².